The van der Waals surface area contributed by atoms with E-state index in [1.165, 1.54) is 16.7 Å². The molecule has 2 rings (SSSR count). The van der Waals surface area contributed by atoms with E-state index in [2.05, 4.69) is 52.8 Å². The summed E-state index contributed by atoms with van der Waals surface area (Å²) in [7, 11) is 0. The van der Waals surface area contributed by atoms with Crippen molar-refractivity contribution in [1.29, 1.82) is 0 Å². The van der Waals surface area contributed by atoms with Gasteiger partial charge in [0.1, 0.15) is 17.1 Å². The number of carbonyl (C=O) groups is 1. The third kappa shape index (κ3) is 9.16. The van der Waals surface area contributed by atoms with Crippen molar-refractivity contribution in [2.45, 2.75) is 112 Å². The normalized spacial score (nSPS) is 18.4. The van der Waals surface area contributed by atoms with E-state index in [-0.39, 0.29) is 17.5 Å². The van der Waals surface area contributed by atoms with Gasteiger partial charge in [0.05, 0.1) is 5.92 Å². The molecule has 1 atom stereocenters. The van der Waals surface area contributed by atoms with Crippen LogP contribution in [0.15, 0.2) is 47.1 Å². The molecule has 0 fully saturated rings. The zero-order valence-electron chi connectivity index (χ0n) is 22.8. The minimum Gasteiger partial charge on any atom is -0.487 e. The molecule has 3 nitrogen and oxygen atoms in total. The number of hydrogen-bond acceptors (Lipinski definition) is 3. The van der Waals surface area contributed by atoms with Crippen molar-refractivity contribution < 1.29 is 14.3 Å². The predicted molar refractivity (Wildman–Crippen MR) is 144 cm³/mol. The molecule has 0 unspecified atom stereocenters. The van der Waals surface area contributed by atoms with E-state index in [0.717, 1.165) is 68.2 Å². The maximum Gasteiger partial charge on any atom is 0.313 e. The Morgan fingerprint density at radius 3 is 2.26 bits per heavy atom. The zero-order valence-corrected chi connectivity index (χ0v) is 22.8. The van der Waals surface area contributed by atoms with Crippen LogP contribution in [0.4, 0.5) is 0 Å². The molecular weight excluding hydrogens is 420 g/mol. The highest BCUT2D eigenvalue weighted by Gasteiger charge is 2.32. The maximum atomic E-state index is 12.0. The van der Waals surface area contributed by atoms with Crippen LogP contribution in [0.1, 0.15) is 105 Å². The molecule has 0 spiro atoms. The second-order valence-electron chi connectivity index (χ2n) is 10.9. The molecule has 0 saturated heterocycles. The molecular formula is C31H46O3. The second-order valence-corrected chi connectivity index (χ2v) is 10.9. The molecule has 0 amide bonds. The molecule has 1 aliphatic rings. The molecule has 0 aromatic heterocycles. The summed E-state index contributed by atoms with van der Waals surface area (Å²) in [5.41, 5.74) is 6.37. The lowest BCUT2D eigenvalue weighted by Gasteiger charge is -2.37. The van der Waals surface area contributed by atoms with E-state index in [0.29, 0.717) is 5.75 Å². The highest BCUT2D eigenvalue weighted by Crippen LogP contribution is 2.40. The lowest BCUT2D eigenvalue weighted by molar-refractivity contribution is -0.137. The standard InChI is InChI=1S/C31H46O3/c1-22(2)12-9-13-24(5)14-10-15-25(6)16-11-18-31(8)19-17-27-21-28(33-30(32)23(3)4)20-26(7)29(27)34-31/h12,14,16,20-21,23H,9-11,13,15,17-19H2,1-8H3/b24-14+,25-16+/t31-/m1/s1. The van der Waals surface area contributed by atoms with Gasteiger partial charge in [-0.15, -0.1) is 0 Å². The summed E-state index contributed by atoms with van der Waals surface area (Å²) >= 11 is 0. The number of aryl methyl sites for hydroxylation is 2. The van der Waals surface area contributed by atoms with Crippen molar-refractivity contribution in [3.05, 3.63) is 58.2 Å². The fourth-order valence-electron chi connectivity index (χ4n) is 4.27. The van der Waals surface area contributed by atoms with Crippen LogP contribution < -0.4 is 9.47 Å². The summed E-state index contributed by atoms with van der Waals surface area (Å²) in [4.78, 5) is 12.0. The van der Waals surface area contributed by atoms with E-state index in [4.69, 9.17) is 9.47 Å². The van der Waals surface area contributed by atoms with Gasteiger partial charge in [-0.1, -0.05) is 48.8 Å². The number of rotatable bonds is 11. The van der Waals surface area contributed by atoms with E-state index < -0.39 is 0 Å². The van der Waals surface area contributed by atoms with Gasteiger partial charge < -0.3 is 9.47 Å². The van der Waals surface area contributed by atoms with Crippen molar-refractivity contribution in [1.82, 2.24) is 0 Å². The molecule has 0 radical (unpaired) electrons. The summed E-state index contributed by atoms with van der Waals surface area (Å²) in [6.07, 6.45) is 15.6. The first-order chi connectivity index (χ1) is 16.0. The molecule has 0 bridgehead atoms. The van der Waals surface area contributed by atoms with E-state index in [1.54, 1.807) is 0 Å². The summed E-state index contributed by atoms with van der Waals surface area (Å²) in [6, 6.07) is 3.89. The monoisotopic (exact) mass is 466 g/mol. The lowest BCUT2D eigenvalue weighted by Crippen LogP contribution is -2.36. The first kappa shape index (κ1) is 28.0. The molecule has 1 aromatic rings. The zero-order chi connectivity index (χ0) is 25.3. The largest absolute Gasteiger partial charge is 0.487 e. The Bertz CT molecular complexity index is 928. The Morgan fingerprint density at radius 1 is 1.03 bits per heavy atom. The number of benzene rings is 1. The van der Waals surface area contributed by atoms with Gasteiger partial charge in [-0.3, -0.25) is 4.79 Å². The number of ether oxygens (including phenoxy) is 2. The van der Waals surface area contributed by atoms with Gasteiger partial charge >= 0.3 is 5.97 Å². The summed E-state index contributed by atoms with van der Waals surface area (Å²) in [5, 5.41) is 0. The summed E-state index contributed by atoms with van der Waals surface area (Å²) < 4.78 is 12.1. The van der Waals surface area contributed by atoms with E-state index in [1.807, 2.05) is 32.9 Å². The number of carbonyl (C=O) groups excluding carboxylic acids is 1. The number of fused-ring (bicyclic) bond motifs is 1. The predicted octanol–water partition coefficient (Wildman–Crippen LogP) is 8.84. The quantitative estimate of drug-likeness (QED) is 0.186. The molecule has 34 heavy (non-hydrogen) atoms. The molecule has 188 valence electrons. The minimum atomic E-state index is -0.197. The average Bonchev–Trinajstić information content (AvgIpc) is 2.74. The van der Waals surface area contributed by atoms with Crippen LogP contribution in [-0.2, 0) is 11.2 Å². The third-order valence-corrected chi connectivity index (χ3v) is 6.58. The molecule has 1 aliphatic heterocycles. The van der Waals surface area contributed by atoms with Crippen LogP contribution in [0, 0.1) is 12.8 Å². The Morgan fingerprint density at radius 2 is 1.65 bits per heavy atom. The number of esters is 1. The van der Waals surface area contributed by atoms with Gasteiger partial charge in [-0.05, 0) is 116 Å². The summed E-state index contributed by atoms with van der Waals surface area (Å²) in [5.74, 6) is 1.26. The molecule has 0 aliphatic carbocycles. The van der Waals surface area contributed by atoms with Crippen LogP contribution in [0.5, 0.6) is 11.5 Å². The number of allylic oxidation sites excluding steroid dienone is 6. The van der Waals surface area contributed by atoms with Gasteiger partial charge in [0.2, 0.25) is 0 Å². The van der Waals surface area contributed by atoms with Crippen molar-refractivity contribution in [2.75, 3.05) is 0 Å². The lowest BCUT2D eigenvalue weighted by atomic mass is 9.87. The fourth-order valence-corrected chi connectivity index (χ4v) is 4.27. The van der Waals surface area contributed by atoms with Gasteiger partial charge in [0, 0.05) is 0 Å². The molecule has 0 N–H and O–H groups in total. The van der Waals surface area contributed by atoms with Crippen LogP contribution in [0.25, 0.3) is 0 Å². The van der Waals surface area contributed by atoms with Crippen molar-refractivity contribution >= 4 is 5.97 Å². The minimum absolute atomic E-state index is 0.139. The molecule has 0 saturated carbocycles. The van der Waals surface area contributed by atoms with E-state index >= 15 is 0 Å². The van der Waals surface area contributed by atoms with Crippen molar-refractivity contribution in [3.8, 4) is 11.5 Å². The van der Waals surface area contributed by atoms with Crippen LogP contribution >= 0.6 is 0 Å². The number of hydrogen-bond donors (Lipinski definition) is 0. The Hall–Kier alpha value is -2.29. The van der Waals surface area contributed by atoms with Crippen LogP contribution in [0.3, 0.4) is 0 Å². The average molecular weight is 467 g/mol. The molecule has 1 heterocycles. The maximum absolute atomic E-state index is 12.0. The van der Waals surface area contributed by atoms with Gasteiger partial charge in [0.25, 0.3) is 0 Å². The highest BCUT2D eigenvalue weighted by atomic mass is 16.5. The first-order valence-corrected chi connectivity index (χ1v) is 13.0. The first-order valence-electron chi connectivity index (χ1n) is 13.0. The molecule has 3 heteroatoms. The second kappa shape index (κ2) is 13.0. The van der Waals surface area contributed by atoms with Crippen molar-refractivity contribution in [2.24, 2.45) is 5.92 Å². The fraction of sp³-hybridized carbons (Fsp3) is 0.581. The molecule has 1 aromatic carbocycles. The Balaban J connectivity index is 1.86. The SMILES string of the molecule is CC(C)=CCC/C(C)=C/CC/C(C)=C/CC[C@]1(C)CCc2cc(OC(=O)C(C)C)cc(C)c2O1. The van der Waals surface area contributed by atoms with Gasteiger partial charge in [-0.25, -0.2) is 0 Å². The van der Waals surface area contributed by atoms with E-state index in [9.17, 15) is 4.79 Å². The van der Waals surface area contributed by atoms with Gasteiger partial charge in [0.15, 0.2) is 0 Å². The Labute approximate surface area is 208 Å². The highest BCUT2D eigenvalue weighted by molar-refractivity contribution is 5.74. The van der Waals surface area contributed by atoms with Gasteiger partial charge in [-0.2, -0.15) is 0 Å². The Kier molecular flexibility index (Phi) is 10.7. The van der Waals surface area contributed by atoms with Crippen LogP contribution in [0.2, 0.25) is 0 Å². The van der Waals surface area contributed by atoms with Crippen molar-refractivity contribution in [3.63, 3.8) is 0 Å². The van der Waals surface area contributed by atoms with Crippen LogP contribution in [-0.4, -0.2) is 11.6 Å². The third-order valence-electron chi connectivity index (χ3n) is 6.58. The summed E-state index contributed by atoms with van der Waals surface area (Å²) in [6.45, 7) is 16.8. The topological polar surface area (TPSA) is 35.5 Å². The smallest absolute Gasteiger partial charge is 0.313 e.